The Labute approximate surface area is 88.5 Å². The highest BCUT2D eigenvalue weighted by Gasteiger charge is 2.56. The van der Waals surface area contributed by atoms with Gasteiger partial charge in [-0.25, -0.2) is 4.79 Å². The average molecular weight is 209 g/mol. The van der Waals surface area contributed by atoms with Crippen molar-refractivity contribution in [2.24, 2.45) is 5.92 Å². The van der Waals surface area contributed by atoms with Gasteiger partial charge < -0.3 is 9.84 Å². The van der Waals surface area contributed by atoms with Crippen LogP contribution < -0.4 is 0 Å². The van der Waals surface area contributed by atoms with E-state index in [0.29, 0.717) is 0 Å². The zero-order valence-corrected chi connectivity index (χ0v) is 8.72. The van der Waals surface area contributed by atoms with Crippen molar-refractivity contribution in [2.75, 3.05) is 6.54 Å². The summed E-state index contributed by atoms with van der Waals surface area (Å²) in [6.07, 6.45) is 2.87. The van der Waals surface area contributed by atoms with Crippen molar-refractivity contribution in [3.63, 3.8) is 0 Å². The highest BCUT2D eigenvalue weighted by molar-refractivity contribution is 5.73. The Morgan fingerprint density at radius 2 is 2.47 bits per heavy atom. The summed E-state index contributed by atoms with van der Waals surface area (Å²) in [5.74, 6) is 0.177. The largest absolute Gasteiger partial charge is 0.441 e. The van der Waals surface area contributed by atoms with Crippen LogP contribution in [0.2, 0.25) is 0 Å². The van der Waals surface area contributed by atoms with Crippen molar-refractivity contribution in [3.8, 4) is 0 Å². The molecule has 2 fully saturated rings. The number of hydrogen-bond acceptors (Lipinski definition) is 3. The van der Waals surface area contributed by atoms with Gasteiger partial charge in [-0.1, -0.05) is 13.0 Å². The van der Waals surface area contributed by atoms with E-state index in [0.717, 1.165) is 19.4 Å². The summed E-state index contributed by atoms with van der Waals surface area (Å²) < 4.78 is 5.24. The third-order valence-corrected chi connectivity index (χ3v) is 3.83. The first-order chi connectivity index (χ1) is 7.24. The smallest absolute Gasteiger partial charge is 0.410 e. The SMILES string of the molecule is CC[C@H]1C2=CCCN3C(=O)O[C@H]([C@H]1O)[C@H]23. The van der Waals surface area contributed by atoms with Crippen LogP contribution in [0.3, 0.4) is 0 Å². The highest BCUT2D eigenvalue weighted by Crippen LogP contribution is 2.44. The predicted molar refractivity (Wildman–Crippen MR) is 53.3 cm³/mol. The summed E-state index contributed by atoms with van der Waals surface area (Å²) in [6, 6.07) is 0.0196. The molecule has 0 spiro atoms. The van der Waals surface area contributed by atoms with Crippen LogP contribution in [0.25, 0.3) is 0 Å². The number of carbonyl (C=O) groups is 1. The van der Waals surface area contributed by atoms with Crippen molar-refractivity contribution in [1.29, 1.82) is 0 Å². The van der Waals surface area contributed by atoms with Gasteiger partial charge in [-0.05, 0) is 18.4 Å². The molecule has 82 valence electrons. The Morgan fingerprint density at radius 3 is 3.20 bits per heavy atom. The molecule has 15 heavy (non-hydrogen) atoms. The number of nitrogens with zero attached hydrogens (tertiary/aromatic N) is 1. The van der Waals surface area contributed by atoms with E-state index in [1.165, 1.54) is 5.57 Å². The number of hydrogen-bond donors (Lipinski definition) is 1. The predicted octanol–water partition coefficient (Wildman–Crippen LogP) is 0.907. The second kappa shape index (κ2) is 2.98. The number of rotatable bonds is 1. The van der Waals surface area contributed by atoms with Crippen molar-refractivity contribution >= 4 is 6.09 Å². The van der Waals surface area contributed by atoms with Crippen LogP contribution in [0.1, 0.15) is 19.8 Å². The molecule has 0 bridgehead atoms. The molecule has 1 N–H and O–H groups in total. The van der Waals surface area contributed by atoms with Crippen LogP contribution >= 0.6 is 0 Å². The summed E-state index contributed by atoms with van der Waals surface area (Å²) in [5.41, 5.74) is 1.21. The lowest BCUT2D eigenvalue weighted by Crippen LogP contribution is -2.39. The average Bonchev–Trinajstić information content (AvgIpc) is 2.70. The third kappa shape index (κ3) is 1.03. The van der Waals surface area contributed by atoms with Crippen molar-refractivity contribution in [1.82, 2.24) is 4.90 Å². The van der Waals surface area contributed by atoms with E-state index in [4.69, 9.17) is 4.74 Å². The molecule has 0 unspecified atom stereocenters. The fourth-order valence-corrected chi connectivity index (χ4v) is 3.16. The number of amides is 1. The van der Waals surface area contributed by atoms with E-state index < -0.39 is 6.10 Å². The third-order valence-electron chi connectivity index (χ3n) is 3.83. The zero-order valence-electron chi connectivity index (χ0n) is 8.72. The fraction of sp³-hybridized carbons (Fsp3) is 0.727. The number of ether oxygens (including phenoxy) is 1. The van der Waals surface area contributed by atoms with Crippen LogP contribution in [-0.4, -0.2) is 40.9 Å². The van der Waals surface area contributed by atoms with E-state index in [1.54, 1.807) is 4.90 Å². The Bertz CT molecular complexity index is 339. The first-order valence-corrected chi connectivity index (χ1v) is 5.59. The maximum absolute atomic E-state index is 11.5. The number of aliphatic hydroxyl groups excluding tert-OH is 1. The second-order valence-corrected chi connectivity index (χ2v) is 4.48. The molecule has 1 saturated heterocycles. The Kier molecular flexibility index (Phi) is 1.83. The summed E-state index contributed by atoms with van der Waals surface area (Å²) in [6.45, 7) is 2.79. The van der Waals surface area contributed by atoms with Gasteiger partial charge in [0.2, 0.25) is 0 Å². The van der Waals surface area contributed by atoms with E-state index in [1.807, 2.05) is 0 Å². The van der Waals surface area contributed by atoms with Gasteiger partial charge in [0.1, 0.15) is 0 Å². The van der Waals surface area contributed by atoms with Crippen molar-refractivity contribution < 1.29 is 14.6 Å². The van der Waals surface area contributed by atoms with Crippen LogP contribution in [0, 0.1) is 5.92 Å². The van der Waals surface area contributed by atoms with Gasteiger partial charge in [0, 0.05) is 12.5 Å². The van der Waals surface area contributed by atoms with E-state index in [-0.39, 0.29) is 24.2 Å². The lowest BCUT2D eigenvalue weighted by atomic mass is 9.94. The van der Waals surface area contributed by atoms with Crippen LogP contribution in [0.15, 0.2) is 11.6 Å². The minimum absolute atomic E-state index is 0.0196. The molecular formula is C11H15NO3. The normalized spacial score (nSPS) is 42.7. The Balaban J connectivity index is 2.02. The molecule has 2 heterocycles. The summed E-state index contributed by atoms with van der Waals surface area (Å²) in [4.78, 5) is 13.3. The second-order valence-electron chi connectivity index (χ2n) is 4.48. The zero-order chi connectivity index (χ0) is 10.6. The molecule has 3 rings (SSSR count). The number of carbonyl (C=O) groups excluding carboxylic acids is 1. The van der Waals surface area contributed by atoms with Gasteiger partial charge in [0.15, 0.2) is 6.10 Å². The van der Waals surface area contributed by atoms with Crippen LogP contribution in [0.5, 0.6) is 0 Å². The van der Waals surface area contributed by atoms with E-state index in [2.05, 4.69) is 13.0 Å². The maximum atomic E-state index is 11.5. The lowest BCUT2D eigenvalue weighted by Gasteiger charge is -2.27. The molecular weight excluding hydrogens is 194 g/mol. The Morgan fingerprint density at radius 1 is 1.67 bits per heavy atom. The monoisotopic (exact) mass is 209 g/mol. The minimum Gasteiger partial charge on any atom is -0.441 e. The highest BCUT2D eigenvalue weighted by atomic mass is 16.6. The van der Waals surface area contributed by atoms with Crippen LogP contribution in [-0.2, 0) is 4.74 Å². The first kappa shape index (κ1) is 9.21. The standard InChI is InChI=1S/C11H15NO3/c1-2-6-7-4-3-5-12-8(7)10(9(6)13)15-11(12)14/h4,6,8-10,13H,2-3,5H2,1H3/t6-,8-,9-,10-/m0/s1. The molecule has 0 radical (unpaired) electrons. The maximum Gasteiger partial charge on any atom is 0.410 e. The molecule has 1 amide bonds. The molecule has 2 aliphatic heterocycles. The quantitative estimate of drug-likeness (QED) is 0.653. The molecule has 0 aromatic rings. The molecule has 3 aliphatic rings. The summed E-state index contributed by atoms with van der Waals surface area (Å²) in [7, 11) is 0. The molecule has 4 nitrogen and oxygen atoms in total. The van der Waals surface area contributed by atoms with Gasteiger partial charge in [-0.3, -0.25) is 4.90 Å². The van der Waals surface area contributed by atoms with Gasteiger partial charge in [-0.2, -0.15) is 0 Å². The molecule has 4 atom stereocenters. The molecule has 1 aliphatic carbocycles. The molecule has 4 heteroatoms. The van der Waals surface area contributed by atoms with Gasteiger partial charge >= 0.3 is 6.09 Å². The van der Waals surface area contributed by atoms with Gasteiger partial charge in [0.25, 0.3) is 0 Å². The van der Waals surface area contributed by atoms with Gasteiger partial charge in [0.05, 0.1) is 12.1 Å². The molecule has 1 saturated carbocycles. The summed E-state index contributed by atoms with van der Waals surface area (Å²) in [5, 5.41) is 10.1. The van der Waals surface area contributed by atoms with Crippen molar-refractivity contribution in [2.45, 2.75) is 38.0 Å². The first-order valence-electron chi connectivity index (χ1n) is 5.59. The van der Waals surface area contributed by atoms with E-state index >= 15 is 0 Å². The molecule has 0 aromatic heterocycles. The fourth-order valence-electron chi connectivity index (χ4n) is 3.16. The minimum atomic E-state index is -0.515. The van der Waals surface area contributed by atoms with Gasteiger partial charge in [-0.15, -0.1) is 0 Å². The Hall–Kier alpha value is -1.03. The topological polar surface area (TPSA) is 49.8 Å². The van der Waals surface area contributed by atoms with Crippen LogP contribution in [0.4, 0.5) is 4.79 Å². The lowest BCUT2D eigenvalue weighted by molar-refractivity contribution is 0.0218. The summed E-state index contributed by atoms with van der Waals surface area (Å²) >= 11 is 0. The van der Waals surface area contributed by atoms with Crippen molar-refractivity contribution in [3.05, 3.63) is 11.6 Å². The van der Waals surface area contributed by atoms with E-state index in [9.17, 15) is 9.90 Å². The number of aliphatic hydroxyl groups is 1. The molecule has 0 aromatic carbocycles.